The molecule has 0 radical (unpaired) electrons. The van der Waals surface area contributed by atoms with Crippen molar-refractivity contribution >= 4 is 52.9 Å². The van der Waals surface area contributed by atoms with Gasteiger partial charge in [-0.2, -0.15) is 0 Å². The minimum Gasteiger partial charge on any atom is -0.357 e. The van der Waals surface area contributed by atoms with Crippen LogP contribution in [0.2, 0.25) is 0 Å². The van der Waals surface area contributed by atoms with E-state index in [0.29, 0.717) is 13.0 Å². The summed E-state index contributed by atoms with van der Waals surface area (Å²) in [4.78, 5) is 19.7. The molecule has 3 rings (SSSR count). The molecule has 0 bridgehead atoms. The van der Waals surface area contributed by atoms with Crippen LogP contribution in [-0.2, 0) is 17.8 Å². The average Bonchev–Trinajstić information content (AvgIpc) is 3.32. The molecule has 0 unspecified atom stereocenters. The van der Waals surface area contributed by atoms with Crippen LogP contribution in [0.15, 0.2) is 46.8 Å². The van der Waals surface area contributed by atoms with Crippen molar-refractivity contribution in [2.75, 3.05) is 24.5 Å². The zero-order valence-electron chi connectivity index (χ0n) is 15.6. The number of amides is 1. The molecule has 1 aliphatic heterocycles. The third kappa shape index (κ3) is 6.49. The van der Waals surface area contributed by atoms with Crippen LogP contribution in [0.25, 0.3) is 0 Å². The first kappa shape index (κ1) is 21.7. The summed E-state index contributed by atoms with van der Waals surface area (Å²) in [7, 11) is 0. The summed E-state index contributed by atoms with van der Waals surface area (Å²) < 4.78 is 0. The molecule has 1 saturated heterocycles. The predicted octanol–water partition coefficient (Wildman–Crippen LogP) is 3.79. The number of guanidine groups is 1. The second-order valence-corrected chi connectivity index (χ2v) is 7.30. The molecule has 1 amide bonds. The summed E-state index contributed by atoms with van der Waals surface area (Å²) in [6.07, 6.45) is 2.62. The van der Waals surface area contributed by atoms with Gasteiger partial charge in [0, 0.05) is 36.6 Å². The van der Waals surface area contributed by atoms with Gasteiger partial charge in [0.2, 0.25) is 5.91 Å². The molecule has 0 atom stereocenters. The van der Waals surface area contributed by atoms with Crippen LogP contribution in [-0.4, -0.2) is 31.5 Å². The van der Waals surface area contributed by atoms with Gasteiger partial charge in [-0.1, -0.05) is 18.2 Å². The van der Waals surface area contributed by atoms with Gasteiger partial charge in [-0.25, -0.2) is 4.99 Å². The van der Waals surface area contributed by atoms with Gasteiger partial charge >= 0.3 is 0 Å². The molecule has 7 heteroatoms. The highest BCUT2D eigenvalue weighted by molar-refractivity contribution is 14.0. The Balaban J connectivity index is 0.00000261. The van der Waals surface area contributed by atoms with Crippen LogP contribution in [0, 0.1) is 0 Å². The standard InChI is InChI=1S/C20H26N4OS.HI/c1-2-21-20(22-12-11-18-5-4-14-26-18)23-15-16-7-9-17(10-8-16)24-13-3-6-19(24)25;/h4-5,7-10,14H,2-3,6,11-13,15H2,1H3,(H2,21,22,23);1H. The molecule has 0 spiro atoms. The molecular weight excluding hydrogens is 471 g/mol. The number of carbonyl (C=O) groups excluding carboxylic acids is 1. The number of hydrogen-bond acceptors (Lipinski definition) is 3. The third-order valence-corrected chi connectivity index (χ3v) is 5.27. The lowest BCUT2D eigenvalue weighted by Crippen LogP contribution is -2.38. The molecule has 146 valence electrons. The lowest BCUT2D eigenvalue weighted by Gasteiger charge is -2.16. The number of rotatable bonds is 7. The number of benzene rings is 1. The maximum atomic E-state index is 11.8. The Morgan fingerprint density at radius 1 is 1.22 bits per heavy atom. The highest BCUT2D eigenvalue weighted by Gasteiger charge is 2.21. The van der Waals surface area contributed by atoms with Crippen LogP contribution < -0.4 is 15.5 Å². The first-order chi connectivity index (χ1) is 12.8. The SMILES string of the molecule is CCNC(=NCc1ccc(N2CCCC2=O)cc1)NCCc1cccs1.I. The van der Waals surface area contributed by atoms with Crippen molar-refractivity contribution in [3.8, 4) is 0 Å². The number of nitrogens with zero attached hydrogens (tertiary/aromatic N) is 2. The Morgan fingerprint density at radius 3 is 2.67 bits per heavy atom. The molecule has 5 nitrogen and oxygen atoms in total. The van der Waals surface area contributed by atoms with Crippen LogP contribution in [0.3, 0.4) is 0 Å². The van der Waals surface area contributed by atoms with Gasteiger partial charge in [0.15, 0.2) is 5.96 Å². The van der Waals surface area contributed by atoms with E-state index in [0.717, 1.165) is 49.7 Å². The van der Waals surface area contributed by atoms with Crippen molar-refractivity contribution in [3.05, 3.63) is 52.2 Å². The zero-order chi connectivity index (χ0) is 18.2. The van der Waals surface area contributed by atoms with Crippen molar-refractivity contribution in [1.82, 2.24) is 10.6 Å². The van der Waals surface area contributed by atoms with E-state index >= 15 is 0 Å². The van der Waals surface area contributed by atoms with Gasteiger partial charge < -0.3 is 15.5 Å². The van der Waals surface area contributed by atoms with E-state index < -0.39 is 0 Å². The summed E-state index contributed by atoms with van der Waals surface area (Å²) in [5, 5.41) is 8.77. The number of thiophene rings is 1. The predicted molar refractivity (Wildman–Crippen MR) is 124 cm³/mol. The van der Waals surface area contributed by atoms with E-state index in [1.807, 2.05) is 17.0 Å². The monoisotopic (exact) mass is 498 g/mol. The van der Waals surface area contributed by atoms with E-state index in [4.69, 9.17) is 0 Å². The largest absolute Gasteiger partial charge is 0.357 e. The van der Waals surface area contributed by atoms with Crippen molar-refractivity contribution in [2.24, 2.45) is 4.99 Å². The van der Waals surface area contributed by atoms with Crippen LogP contribution >= 0.6 is 35.3 Å². The van der Waals surface area contributed by atoms with Gasteiger partial charge in [-0.3, -0.25) is 4.79 Å². The van der Waals surface area contributed by atoms with Crippen LogP contribution in [0.1, 0.15) is 30.2 Å². The van der Waals surface area contributed by atoms with Crippen LogP contribution in [0.5, 0.6) is 0 Å². The summed E-state index contributed by atoms with van der Waals surface area (Å²) in [5.41, 5.74) is 2.12. The first-order valence-electron chi connectivity index (χ1n) is 9.20. The second-order valence-electron chi connectivity index (χ2n) is 6.27. The molecule has 2 heterocycles. The van der Waals surface area contributed by atoms with Gasteiger partial charge in [-0.15, -0.1) is 35.3 Å². The lowest BCUT2D eigenvalue weighted by atomic mass is 10.2. The van der Waals surface area contributed by atoms with E-state index in [2.05, 4.69) is 52.2 Å². The maximum Gasteiger partial charge on any atom is 0.227 e. The van der Waals surface area contributed by atoms with E-state index in [9.17, 15) is 4.79 Å². The highest BCUT2D eigenvalue weighted by Crippen LogP contribution is 2.21. The Morgan fingerprint density at radius 2 is 2.04 bits per heavy atom. The second kappa shape index (κ2) is 11.3. The molecule has 1 aliphatic rings. The zero-order valence-corrected chi connectivity index (χ0v) is 18.8. The number of halogens is 1. The molecule has 1 aromatic carbocycles. The molecule has 0 aliphatic carbocycles. The van der Waals surface area contributed by atoms with E-state index in [-0.39, 0.29) is 29.9 Å². The molecule has 0 saturated carbocycles. The average molecular weight is 498 g/mol. The Bertz CT molecular complexity index is 731. The quantitative estimate of drug-likeness (QED) is 0.347. The molecule has 2 N–H and O–H groups in total. The van der Waals surface area contributed by atoms with Gasteiger partial charge in [-0.05, 0) is 48.9 Å². The number of anilines is 1. The van der Waals surface area contributed by atoms with E-state index in [1.165, 1.54) is 4.88 Å². The molecule has 1 fully saturated rings. The van der Waals surface area contributed by atoms with Gasteiger partial charge in [0.1, 0.15) is 0 Å². The minimum atomic E-state index is 0. The summed E-state index contributed by atoms with van der Waals surface area (Å²) >= 11 is 1.78. The highest BCUT2D eigenvalue weighted by atomic mass is 127. The molecule has 2 aromatic rings. The molecule has 1 aromatic heterocycles. The summed E-state index contributed by atoms with van der Waals surface area (Å²) in [6, 6.07) is 12.4. The topological polar surface area (TPSA) is 56.7 Å². The Kier molecular flexibility index (Phi) is 9.06. The molecular formula is C20H27IN4OS. The molecule has 27 heavy (non-hydrogen) atoms. The third-order valence-electron chi connectivity index (χ3n) is 4.33. The fourth-order valence-electron chi connectivity index (χ4n) is 2.97. The fraction of sp³-hybridized carbons (Fsp3) is 0.400. The number of aliphatic imine (C=N–C) groups is 1. The van der Waals surface area contributed by atoms with Crippen molar-refractivity contribution in [1.29, 1.82) is 0 Å². The summed E-state index contributed by atoms with van der Waals surface area (Å²) in [6.45, 7) is 5.21. The number of hydrogen-bond donors (Lipinski definition) is 2. The van der Waals surface area contributed by atoms with E-state index in [1.54, 1.807) is 11.3 Å². The van der Waals surface area contributed by atoms with Crippen LogP contribution in [0.4, 0.5) is 5.69 Å². The normalized spacial score (nSPS) is 14.2. The Hall–Kier alpha value is -1.61. The smallest absolute Gasteiger partial charge is 0.227 e. The van der Waals surface area contributed by atoms with Crippen molar-refractivity contribution < 1.29 is 4.79 Å². The Labute approximate surface area is 182 Å². The number of carbonyl (C=O) groups is 1. The lowest BCUT2D eigenvalue weighted by molar-refractivity contribution is -0.117. The number of nitrogens with one attached hydrogen (secondary N) is 2. The van der Waals surface area contributed by atoms with Gasteiger partial charge in [0.25, 0.3) is 0 Å². The van der Waals surface area contributed by atoms with Crippen molar-refractivity contribution in [3.63, 3.8) is 0 Å². The van der Waals surface area contributed by atoms with Crippen molar-refractivity contribution in [2.45, 2.75) is 32.7 Å². The minimum absolute atomic E-state index is 0. The van der Waals surface area contributed by atoms with Gasteiger partial charge in [0.05, 0.1) is 6.54 Å². The first-order valence-corrected chi connectivity index (χ1v) is 10.1. The maximum absolute atomic E-state index is 11.8. The fourth-order valence-corrected chi connectivity index (χ4v) is 3.68. The summed E-state index contributed by atoms with van der Waals surface area (Å²) in [5.74, 6) is 1.06.